The van der Waals surface area contributed by atoms with Gasteiger partial charge >= 0.3 is 0 Å². The van der Waals surface area contributed by atoms with Gasteiger partial charge in [-0.05, 0) is 12.0 Å². The van der Waals surface area contributed by atoms with E-state index in [0.717, 1.165) is 18.5 Å². The standard InChI is InChI=1S/C16H17N5O3/c1-3-5-12-14-15(20(2)19-12)16(22)18-13(17-14)9-10-6-4-7-11(8-10)21(23)24/h4,6-8H,3,5,9H2,1-2H3,(H,17,18,22). The zero-order chi connectivity index (χ0) is 17.3. The third-order valence-electron chi connectivity index (χ3n) is 3.79. The zero-order valence-corrected chi connectivity index (χ0v) is 13.4. The Hall–Kier alpha value is -3.03. The molecule has 0 spiro atoms. The van der Waals surface area contributed by atoms with Crippen LogP contribution in [-0.2, 0) is 19.9 Å². The lowest BCUT2D eigenvalue weighted by Crippen LogP contribution is -2.14. The molecule has 1 N–H and O–H groups in total. The fourth-order valence-electron chi connectivity index (χ4n) is 2.76. The second-order valence-electron chi connectivity index (χ2n) is 5.63. The van der Waals surface area contributed by atoms with Crippen molar-refractivity contribution in [3.8, 4) is 0 Å². The van der Waals surface area contributed by atoms with Gasteiger partial charge in [-0.3, -0.25) is 19.6 Å². The van der Waals surface area contributed by atoms with Crippen LogP contribution in [-0.4, -0.2) is 24.7 Å². The van der Waals surface area contributed by atoms with Crippen molar-refractivity contribution in [3.05, 3.63) is 61.8 Å². The van der Waals surface area contributed by atoms with Crippen molar-refractivity contribution >= 4 is 16.7 Å². The summed E-state index contributed by atoms with van der Waals surface area (Å²) in [6.45, 7) is 2.04. The number of aromatic amines is 1. The normalized spacial score (nSPS) is 11.1. The number of aryl methyl sites for hydroxylation is 2. The number of hydrogen-bond donors (Lipinski definition) is 1. The molecule has 2 aromatic heterocycles. The summed E-state index contributed by atoms with van der Waals surface area (Å²) in [6.07, 6.45) is 1.96. The van der Waals surface area contributed by atoms with E-state index < -0.39 is 4.92 Å². The molecule has 3 rings (SSSR count). The fourth-order valence-corrected chi connectivity index (χ4v) is 2.76. The minimum absolute atomic E-state index is 0.0176. The monoisotopic (exact) mass is 327 g/mol. The molecule has 0 saturated heterocycles. The number of H-pyrrole nitrogens is 1. The van der Waals surface area contributed by atoms with Crippen LogP contribution in [0.1, 0.15) is 30.4 Å². The lowest BCUT2D eigenvalue weighted by molar-refractivity contribution is -0.384. The van der Waals surface area contributed by atoms with Gasteiger partial charge in [-0.2, -0.15) is 5.10 Å². The van der Waals surface area contributed by atoms with Crippen LogP contribution in [0.2, 0.25) is 0 Å². The molecule has 0 aliphatic carbocycles. The highest BCUT2D eigenvalue weighted by molar-refractivity contribution is 5.76. The zero-order valence-electron chi connectivity index (χ0n) is 13.4. The van der Waals surface area contributed by atoms with Gasteiger partial charge in [0, 0.05) is 25.6 Å². The van der Waals surface area contributed by atoms with Gasteiger partial charge in [0.05, 0.1) is 10.6 Å². The van der Waals surface area contributed by atoms with Crippen LogP contribution in [0.4, 0.5) is 5.69 Å². The molecule has 0 aliphatic rings. The Balaban J connectivity index is 2.04. The summed E-state index contributed by atoms with van der Waals surface area (Å²) in [5.74, 6) is 0.471. The molecule has 8 heteroatoms. The van der Waals surface area contributed by atoms with E-state index in [2.05, 4.69) is 15.1 Å². The number of rotatable bonds is 5. The van der Waals surface area contributed by atoms with Crippen molar-refractivity contribution in [1.29, 1.82) is 0 Å². The lowest BCUT2D eigenvalue weighted by atomic mass is 10.1. The van der Waals surface area contributed by atoms with E-state index in [1.54, 1.807) is 23.9 Å². The number of benzene rings is 1. The van der Waals surface area contributed by atoms with Gasteiger partial charge in [-0.25, -0.2) is 4.98 Å². The number of nitro benzene ring substituents is 1. The van der Waals surface area contributed by atoms with Gasteiger partial charge in [0.1, 0.15) is 11.3 Å². The molecule has 124 valence electrons. The SMILES string of the molecule is CCCc1nn(C)c2c(=O)[nH]c(Cc3cccc([N+](=O)[O-])c3)nc12. The molecule has 2 heterocycles. The van der Waals surface area contributed by atoms with Gasteiger partial charge in [0.25, 0.3) is 11.2 Å². The first-order chi connectivity index (χ1) is 11.5. The number of nitro groups is 1. The molecule has 0 unspecified atom stereocenters. The largest absolute Gasteiger partial charge is 0.308 e. The Labute approximate surface area is 137 Å². The second-order valence-corrected chi connectivity index (χ2v) is 5.63. The van der Waals surface area contributed by atoms with Gasteiger partial charge in [-0.1, -0.05) is 25.5 Å². The van der Waals surface area contributed by atoms with E-state index in [-0.39, 0.29) is 11.2 Å². The third kappa shape index (κ3) is 2.90. The van der Waals surface area contributed by atoms with Gasteiger partial charge < -0.3 is 4.98 Å². The highest BCUT2D eigenvalue weighted by Crippen LogP contribution is 2.17. The first-order valence-electron chi connectivity index (χ1n) is 7.67. The topological polar surface area (TPSA) is 107 Å². The fraction of sp³-hybridized carbons (Fsp3) is 0.312. The van der Waals surface area contributed by atoms with E-state index >= 15 is 0 Å². The Kier molecular flexibility index (Phi) is 4.11. The Morgan fingerprint density at radius 2 is 2.17 bits per heavy atom. The first-order valence-corrected chi connectivity index (χ1v) is 7.67. The summed E-state index contributed by atoms with van der Waals surface area (Å²) < 4.78 is 1.54. The minimum atomic E-state index is -0.441. The number of nitrogens with one attached hydrogen (secondary N) is 1. The predicted octanol–water partition coefficient (Wildman–Crippen LogP) is 2.11. The number of non-ortho nitro benzene ring substituents is 1. The maximum atomic E-state index is 12.3. The van der Waals surface area contributed by atoms with Gasteiger partial charge in [0.15, 0.2) is 5.52 Å². The molecular weight excluding hydrogens is 310 g/mol. The van der Waals surface area contributed by atoms with Crippen LogP contribution in [0, 0.1) is 10.1 Å². The summed E-state index contributed by atoms with van der Waals surface area (Å²) in [5.41, 5.74) is 2.32. The molecule has 0 aliphatic heterocycles. The molecule has 0 amide bonds. The van der Waals surface area contributed by atoms with Gasteiger partial charge in [0.2, 0.25) is 0 Å². The molecule has 0 saturated carbocycles. The minimum Gasteiger partial charge on any atom is -0.308 e. The first kappa shape index (κ1) is 15.9. The van der Waals surface area contributed by atoms with Crippen LogP contribution in [0.5, 0.6) is 0 Å². The maximum absolute atomic E-state index is 12.3. The molecule has 1 aromatic carbocycles. The summed E-state index contributed by atoms with van der Waals surface area (Å²) in [5, 5.41) is 15.2. The van der Waals surface area contributed by atoms with E-state index in [1.807, 2.05) is 6.92 Å². The van der Waals surface area contributed by atoms with Crippen molar-refractivity contribution in [3.63, 3.8) is 0 Å². The Bertz CT molecular complexity index is 973. The predicted molar refractivity (Wildman–Crippen MR) is 89.0 cm³/mol. The van der Waals surface area contributed by atoms with Crippen molar-refractivity contribution in [2.24, 2.45) is 7.05 Å². The van der Waals surface area contributed by atoms with Crippen molar-refractivity contribution in [2.45, 2.75) is 26.2 Å². The van der Waals surface area contributed by atoms with Crippen molar-refractivity contribution < 1.29 is 4.92 Å². The number of fused-ring (bicyclic) bond motifs is 1. The van der Waals surface area contributed by atoms with E-state index in [0.29, 0.717) is 28.8 Å². The average molecular weight is 327 g/mol. The molecule has 3 aromatic rings. The quantitative estimate of drug-likeness (QED) is 0.570. The van der Waals surface area contributed by atoms with E-state index in [9.17, 15) is 14.9 Å². The molecule has 24 heavy (non-hydrogen) atoms. The Morgan fingerprint density at radius 1 is 1.38 bits per heavy atom. The molecular formula is C16H17N5O3. The molecule has 0 atom stereocenters. The molecule has 0 radical (unpaired) electrons. The van der Waals surface area contributed by atoms with Gasteiger partial charge in [-0.15, -0.1) is 0 Å². The average Bonchev–Trinajstić information content (AvgIpc) is 2.84. The maximum Gasteiger partial charge on any atom is 0.277 e. The summed E-state index contributed by atoms with van der Waals surface area (Å²) in [6, 6.07) is 6.31. The Morgan fingerprint density at radius 3 is 2.88 bits per heavy atom. The van der Waals surface area contributed by atoms with Crippen LogP contribution >= 0.6 is 0 Å². The number of hydrogen-bond acceptors (Lipinski definition) is 5. The number of nitrogens with zero attached hydrogens (tertiary/aromatic N) is 4. The highest BCUT2D eigenvalue weighted by Gasteiger charge is 2.15. The van der Waals surface area contributed by atoms with Crippen LogP contribution in [0.25, 0.3) is 11.0 Å². The smallest absolute Gasteiger partial charge is 0.277 e. The summed E-state index contributed by atoms with van der Waals surface area (Å²) >= 11 is 0. The molecule has 0 bridgehead atoms. The summed E-state index contributed by atoms with van der Waals surface area (Å²) in [7, 11) is 1.72. The second kappa shape index (κ2) is 6.23. The van der Waals surface area contributed by atoms with E-state index in [4.69, 9.17) is 0 Å². The summed E-state index contributed by atoms with van der Waals surface area (Å²) in [4.78, 5) is 30.1. The van der Waals surface area contributed by atoms with Crippen molar-refractivity contribution in [2.75, 3.05) is 0 Å². The van der Waals surface area contributed by atoms with E-state index in [1.165, 1.54) is 12.1 Å². The molecule has 8 nitrogen and oxygen atoms in total. The van der Waals surface area contributed by atoms with Crippen LogP contribution in [0.3, 0.4) is 0 Å². The lowest BCUT2D eigenvalue weighted by Gasteiger charge is -2.03. The van der Waals surface area contributed by atoms with Crippen LogP contribution in [0.15, 0.2) is 29.1 Å². The van der Waals surface area contributed by atoms with Crippen LogP contribution < -0.4 is 5.56 Å². The highest BCUT2D eigenvalue weighted by atomic mass is 16.6. The van der Waals surface area contributed by atoms with Crippen molar-refractivity contribution in [1.82, 2.24) is 19.7 Å². The molecule has 0 fully saturated rings. The third-order valence-corrected chi connectivity index (χ3v) is 3.79. The number of aromatic nitrogens is 4.